The smallest absolute Gasteiger partial charge is 0.148 e. The van der Waals surface area contributed by atoms with E-state index in [1.165, 1.54) is 0 Å². The van der Waals surface area contributed by atoms with Crippen LogP contribution in [-0.2, 0) is 6.42 Å². The van der Waals surface area contributed by atoms with Crippen LogP contribution >= 0.6 is 27.3 Å². The van der Waals surface area contributed by atoms with Gasteiger partial charge in [-0.25, -0.2) is 4.98 Å². The summed E-state index contributed by atoms with van der Waals surface area (Å²) in [4.78, 5) is 4.36. The Labute approximate surface area is 123 Å². The lowest BCUT2D eigenvalue weighted by atomic mass is 10.2. The van der Waals surface area contributed by atoms with Gasteiger partial charge in [0.15, 0.2) is 0 Å². The highest BCUT2D eigenvalue weighted by Crippen LogP contribution is 2.31. The zero-order valence-electron chi connectivity index (χ0n) is 10.3. The molecule has 98 valence electrons. The van der Waals surface area contributed by atoms with E-state index in [2.05, 4.69) is 20.9 Å². The van der Waals surface area contributed by atoms with Crippen molar-refractivity contribution in [3.05, 3.63) is 50.6 Å². The van der Waals surface area contributed by atoms with Gasteiger partial charge in [0.1, 0.15) is 17.4 Å². The van der Waals surface area contributed by atoms with Gasteiger partial charge >= 0.3 is 0 Å². The predicted octanol–water partition coefficient (Wildman–Crippen LogP) is 4.24. The number of fused-ring (bicyclic) bond motifs is 1. The largest absolute Gasteiger partial charge is 0.457 e. The summed E-state index contributed by atoms with van der Waals surface area (Å²) in [7, 11) is 0. The van der Waals surface area contributed by atoms with Crippen molar-refractivity contribution in [1.82, 2.24) is 4.98 Å². The van der Waals surface area contributed by atoms with Crippen molar-refractivity contribution in [2.24, 2.45) is 0 Å². The highest BCUT2D eigenvalue weighted by Gasteiger charge is 2.16. The van der Waals surface area contributed by atoms with Crippen molar-refractivity contribution in [2.45, 2.75) is 19.4 Å². The van der Waals surface area contributed by atoms with Crippen LogP contribution in [0.15, 0.2) is 38.5 Å². The van der Waals surface area contributed by atoms with Crippen LogP contribution in [-0.4, -0.2) is 10.1 Å². The summed E-state index contributed by atoms with van der Waals surface area (Å²) >= 11 is 5.00. The number of hydrogen-bond acceptors (Lipinski definition) is 4. The number of nitrogens with zero attached hydrogens (tertiary/aromatic N) is 1. The summed E-state index contributed by atoms with van der Waals surface area (Å²) in [6.07, 6.45) is -0.180. The molecule has 2 aromatic heterocycles. The number of rotatable bonds is 3. The molecule has 0 aliphatic carbocycles. The fourth-order valence-corrected chi connectivity index (χ4v) is 3.25. The number of halogens is 1. The average molecular weight is 338 g/mol. The van der Waals surface area contributed by atoms with E-state index < -0.39 is 6.10 Å². The summed E-state index contributed by atoms with van der Waals surface area (Å²) < 4.78 is 6.62. The molecule has 0 radical (unpaired) electrons. The number of aryl methyl sites for hydroxylation is 1. The maximum Gasteiger partial charge on any atom is 0.148 e. The number of aliphatic hydroxyl groups excluding tert-OH is 1. The minimum absolute atomic E-state index is 0.482. The third kappa shape index (κ3) is 2.59. The normalized spacial score (nSPS) is 13.0. The molecule has 2 heterocycles. The van der Waals surface area contributed by atoms with Crippen molar-refractivity contribution < 1.29 is 9.52 Å². The van der Waals surface area contributed by atoms with Crippen LogP contribution in [0.2, 0.25) is 0 Å². The van der Waals surface area contributed by atoms with Crippen molar-refractivity contribution in [1.29, 1.82) is 0 Å². The fraction of sp³-hybridized carbons (Fsp3) is 0.214. The number of hydrogen-bond donors (Lipinski definition) is 1. The Bertz CT molecular complexity index is 719. The van der Waals surface area contributed by atoms with E-state index >= 15 is 0 Å². The lowest BCUT2D eigenvalue weighted by Crippen LogP contribution is -1.99. The molecule has 0 bridgehead atoms. The Kier molecular flexibility index (Phi) is 3.43. The van der Waals surface area contributed by atoms with Crippen molar-refractivity contribution in [3.8, 4) is 0 Å². The SMILES string of the molecule is Cc1csc(CC(O)c2cc3cccc(Br)c3o2)n1. The van der Waals surface area contributed by atoms with E-state index in [9.17, 15) is 5.11 Å². The van der Waals surface area contributed by atoms with Gasteiger partial charge in [-0.05, 0) is 35.0 Å². The summed E-state index contributed by atoms with van der Waals surface area (Å²) in [5.74, 6) is 0.578. The molecule has 3 nitrogen and oxygen atoms in total. The molecule has 1 N–H and O–H groups in total. The van der Waals surface area contributed by atoms with Gasteiger partial charge in [-0.3, -0.25) is 0 Å². The first-order valence-corrected chi connectivity index (χ1v) is 7.58. The molecule has 5 heteroatoms. The van der Waals surface area contributed by atoms with Crippen molar-refractivity contribution in [2.75, 3.05) is 0 Å². The molecule has 1 aromatic carbocycles. The Balaban J connectivity index is 1.89. The molecule has 3 aromatic rings. The van der Waals surface area contributed by atoms with E-state index in [4.69, 9.17) is 4.42 Å². The Morgan fingerprint density at radius 2 is 2.32 bits per heavy atom. The van der Waals surface area contributed by atoms with Gasteiger partial charge in [-0.2, -0.15) is 0 Å². The molecule has 0 saturated heterocycles. The highest BCUT2D eigenvalue weighted by atomic mass is 79.9. The van der Waals surface area contributed by atoms with E-state index in [0.29, 0.717) is 12.2 Å². The van der Waals surface area contributed by atoms with Gasteiger partial charge in [0, 0.05) is 22.9 Å². The molecule has 1 atom stereocenters. The van der Waals surface area contributed by atoms with E-state index in [1.54, 1.807) is 11.3 Å². The monoisotopic (exact) mass is 337 g/mol. The second-order valence-electron chi connectivity index (χ2n) is 4.41. The van der Waals surface area contributed by atoms with Crippen molar-refractivity contribution in [3.63, 3.8) is 0 Å². The maximum absolute atomic E-state index is 10.2. The summed E-state index contributed by atoms with van der Waals surface area (Å²) in [6.45, 7) is 1.95. The summed E-state index contributed by atoms with van der Waals surface area (Å²) in [5.41, 5.74) is 1.76. The third-order valence-electron chi connectivity index (χ3n) is 2.88. The molecular formula is C14H12BrNO2S. The standard InChI is InChI=1S/C14H12BrNO2S/c1-8-7-19-13(16-8)6-11(17)12-5-9-3-2-4-10(15)14(9)18-12/h2-5,7,11,17H,6H2,1H3. The van der Waals surface area contributed by atoms with Crippen molar-refractivity contribution >= 4 is 38.2 Å². The van der Waals surface area contributed by atoms with Gasteiger partial charge in [-0.1, -0.05) is 12.1 Å². The molecule has 0 amide bonds. The average Bonchev–Trinajstić information content (AvgIpc) is 2.96. The molecule has 0 saturated carbocycles. The first kappa shape index (κ1) is 12.8. The predicted molar refractivity (Wildman–Crippen MR) is 79.4 cm³/mol. The first-order chi connectivity index (χ1) is 9.13. The van der Waals surface area contributed by atoms with Gasteiger partial charge in [-0.15, -0.1) is 11.3 Å². The number of thiazole rings is 1. The molecule has 0 aliphatic heterocycles. The highest BCUT2D eigenvalue weighted by molar-refractivity contribution is 9.10. The lowest BCUT2D eigenvalue weighted by Gasteiger charge is -2.04. The van der Waals surface area contributed by atoms with Crippen LogP contribution in [0.4, 0.5) is 0 Å². The fourth-order valence-electron chi connectivity index (χ4n) is 1.97. The zero-order valence-corrected chi connectivity index (χ0v) is 12.7. The van der Waals surface area contributed by atoms with Crippen LogP contribution in [0.3, 0.4) is 0 Å². The summed E-state index contributed by atoms with van der Waals surface area (Å²) in [6, 6.07) is 7.72. The van der Waals surface area contributed by atoms with E-state index in [-0.39, 0.29) is 0 Å². The Hall–Kier alpha value is -1.17. The Morgan fingerprint density at radius 1 is 1.47 bits per heavy atom. The second-order valence-corrected chi connectivity index (χ2v) is 6.21. The van der Waals surface area contributed by atoms with Gasteiger partial charge in [0.2, 0.25) is 0 Å². The second kappa shape index (κ2) is 5.07. The minimum atomic E-state index is -0.662. The maximum atomic E-state index is 10.2. The molecular weight excluding hydrogens is 326 g/mol. The number of para-hydroxylation sites is 1. The number of benzene rings is 1. The molecule has 0 fully saturated rings. The summed E-state index contributed by atoms with van der Waals surface area (Å²) in [5, 5.41) is 14.1. The molecule has 0 spiro atoms. The zero-order chi connectivity index (χ0) is 13.4. The van der Waals surface area contributed by atoms with Gasteiger partial charge in [0.05, 0.1) is 9.48 Å². The van der Waals surface area contributed by atoms with Crippen LogP contribution in [0.25, 0.3) is 11.0 Å². The number of aliphatic hydroxyl groups is 1. The number of furan rings is 1. The third-order valence-corrected chi connectivity index (χ3v) is 4.49. The molecule has 1 unspecified atom stereocenters. The quantitative estimate of drug-likeness (QED) is 0.777. The molecule has 3 rings (SSSR count). The van der Waals surface area contributed by atoms with Gasteiger partial charge < -0.3 is 9.52 Å². The number of aromatic nitrogens is 1. The lowest BCUT2D eigenvalue weighted by molar-refractivity contribution is 0.152. The van der Waals surface area contributed by atoms with Crippen LogP contribution in [0.1, 0.15) is 22.6 Å². The van der Waals surface area contributed by atoms with Crippen LogP contribution < -0.4 is 0 Å². The van der Waals surface area contributed by atoms with Crippen LogP contribution in [0, 0.1) is 6.92 Å². The van der Waals surface area contributed by atoms with Crippen LogP contribution in [0.5, 0.6) is 0 Å². The first-order valence-electron chi connectivity index (χ1n) is 5.90. The van der Waals surface area contributed by atoms with Gasteiger partial charge in [0.25, 0.3) is 0 Å². The minimum Gasteiger partial charge on any atom is -0.457 e. The Morgan fingerprint density at radius 3 is 3.00 bits per heavy atom. The van der Waals surface area contributed by atoms with E-state index in [0.717, 1.165) is 26.1 Å². The van der Waals surface area contributed by atoms with E-state index in [1.807, 2.05) is 36.6 Å². The molecule has 0 aliphatic rings. The molecule has 19 heavy (non-hydrogen) atoms. The topological polar surface area (TPSA) is 46.3 Å².